The summed E-state index contributed by atoms with van der Waals surface area (Å²) in [7, 11) is -2.47. The van der Waals surface area contributed by atoms with Crippen LogP contribution in [0.4, 0.5) is 5.69 Å². The number of esters is 1. The van der Waals surface area contributed by atoms with Crippen LogP contribution in [0.25, 0.3) is 0 Å². The number of carbonyl (C=O) groups is 2. The molecule has 36 heavy (non-hydrogen) atoms. The molecule has 1 saturated heterocycles. The summed E-state index contributed by atoms with van der Waals surface area (Å²) in [6.45, 7) is 1.17. The van der Waals surface area contributed by atoms with E-state index < -0.39 is 10.0 Å². The minimum Gasteiger partial charge on any atom is -0.465 e. The fraction of sp³-hybridized carbons (Fsp3) is 0.231. The number of benzene rings is 3. The zero-order valence-electron chi connectivity index (χ0n) is 19.4. The molecular weight excluding hydrogens is 612 g/mol. The van der Waals surface area contributed by atoms with E-state index in [4.69, 9.17) is 4.74 Å². The van der Waals surface area contributed by atoms with Crippen LogP contribution in [0.5, 0.6) is 0 Å². The number of halogens is 2. The number of hydrogen-bond donors (Lipinski definition) is 1. The summed E-state index contributed by atoms with van der Waals surface area (Å²) in [5.74, 6) is -0.390. The molecule has 4 rings (SSSR count). The van der Waals surface area contributed by atoms with Gasteiger partial charge in [0.15, 0.2) is 0 Å². The zero-order chi connectivity index (χ0) is 25.9. The Morgan fingerprint density at radius 2 is 1.75 bits per heavy atom. The number of methoxy groups -OCH3 is 1. The van der Waals surface area contributed by atoms with E-state index in [2.05, 4.69) is 36.6 Å². The zero-order valence-corrected chi connectivity index (χ0v) is 23.4. The van der Waals surface area contributed by atoms with Gasteiger partial charge in [-0.05, 0) is 88.9 Å². The number of sulfonamides is 1. The molecule has 0 aromatic heterocycles. The monoisotopic (exact) mass is 634 g/mol. The van der Waals surface area contributed by atoms with Crippen LogP contribution in [0.3, 0.4) is 0 Å². The number of hydrogen-bond acceptors (Lipinski definition) is 5. The fourth-order valence-electron chi connectivity index (χ4n) is 4.23. The lowest BCUT2D eigenvalue weighted by Crippen LogP contribution is -2.39. The highest BCUT2D eigenvalue weighted by Crippen LogP contribution is 2.30. The quantitative estimate of drug-likeness (QED) is 0.345. The van der Waals surface area contributed by atoms with Crippen LogP contribution in [-0.4, -0.2) is 45.4 Å². The van der Waals surface area contributed by atoms with Crippen molar-refractivity contribution in [2.75, 3.05) is 24.9 Å². The van der Waals surface area contributed by atoms with E-state index in [9.17, 15) is 18.0 Å². The molecule has 1 heterocycles. The van der Waals surface area contributed by atoms with Crippen LogP contribution in [0, 0.1) is 0 Å². The van der Waals surface area contributed by atoms with Gasteiger partial charge in [-0.25, -0.2) is 13.2 Å². The predicted molar refractivity (Wildman–Crippen MR) is 145 cm³/mol. The van der Waals surface area contributed by atoms with Crippen molar-refractivity contribution >= 4 is 59.4 Å². The van der Waals surface area contributed by atoms with Crippen molar-refractivity contribution in [1.29, 1.82) is 0 Å². The number of nitrogens with one attached hydrogen (secondary N) is 1. The smallest absolute Gasteiger partial charge is 0.337 e. The number of amides is 1. The van der Waals surface area contributed by atoms with Crippen molar-refractivity contribution in [3.05, 3.63) is 92.4 Å². The van der Waals surface area contributed by atoms with Crippen LogP contribution in [-0.2, 0) is 14.8 Å². The lowest BCUT2D eigenvalue weighted by molar-refractivity contribution is 0.0599. The summed E-state index contributed by atoms with van der Waals surface area (Å²) in [6, 6.07) is 18.7. The average molecular weight is 636 g/mol. The summed E-state index contributed by atoms with van der Waals surface area (Å²) >= 11 is 6.57. The van der Waals surface area contributed by atoms with Gasteiger partial charge in [0.05, 0.1) is 12.7 Å². The molecule has 1 aliphatic rings. The van der Waals surface area contributed by atoms with Gasteiger partial charge in [0.1, 0.15) is 4.90 Å². The van der Waals surface area contributed by atoms with E-state index in [0.29, 0.717) is 38.8 Å². The molecule has 1 amide bonds. The van der Waals surface area contributed by atoms with E-state index in [1.165, 1.54) is 13.2 Å². The van der Waals surface area contributed by atoms with Crippen molar-refractivity contribution in [2.45, 2.75) is 23.7 Å². The number of piperidine rings is 1. The summed E-state index contributed by atoms with van der Waals surface area (Å²) in [6.07, 6.45) is 1.76. The SMILES string of the molecule is COC(=O)c1cccc(C2CCCN(C(=O)c3ccc(NS(=O)(=O)c4cc(Br)ccc4Br)cc3)C2)c1. The lowest BCUT2D eigenvalue weighted by Gasteiger charge is -2.33. The summed E-state index contributed by atoms with van der Waals surface area (Å²) < 4.78 is 34.1. The van der Waals surface area contributed by atoms with E-state index in [0.717, 1.165) is 18.4 Å². The van der Waals surface area contributed by atoms with Gasteiger partial charge in [-0.15, -0.1) is 0 Å². The van der Waals surface area contributed by atoms with Gasteiger partial charge < -0.3 is 9.64 Å². The molecule has 1 unspecified atom stereocenters. The van der Waals surface area contributed by atoms with Crippen molar-refractivity contribution in [2.24, 2.45) is 0 Å². The number of nitrogens with zero attached hydrogens (tertiary/aromatic N) is 1. The van der Waals surface area contributed by atoms with Gasteiger partial charge in [0.25, 0.3) is 15.9 Å². The van der Waals surface area contributed by atoms with Gasteiger partial charge in [0, 0.05) is 39.2 Å². The fourth-order valence-corrected chi connectivity index (χ4v) is 6.79. The number of ether oxygens (including phenoxy) is 1. The van der Waals surface area contributed by atoms with E-state index in [1.54, 1.807) is 47.4 Å². The molecule has 0 aliphatic carbocycles. The molecule has 1 aliphatic heterocycles. The van der Waals surface area contributed by atoms with Crippen molar-refractivity contribution in [3.63, 3.8) is 0 Å². The topological polar surface area (TPSA) is 92.8 Å². The van der Waals surface area contributed by atoms with Crippen molar-refractivity contribution in [3.8, 4) is 0 Å². The van der Waals surface area contributed by atoms with Crippen LogP contribution in [0.1, 0.15) is 45.0 Å². The first-order valence-electron chi connectivity index (χ1n) is 11.2. The third-order valence-corrected chi connectivity index (χ3v) is 8.92. The number of carbonyl (C=O) groups excluding carboxylic acids is 2. The minimum atomic E-state index is -3.82. The lowest BCUT2D eigenvalue weighted by atomic mass is 9.89. The molecule has 1 fully saturated rings. The summed E-state index contributed by atoms with van der Waals surface area (Å²) in [4.78, 5) is 27.0. The van der Waals surface area contributed by atoms with Crippen LogP contribution >= 0.6 is 31.9 Å². The average Bonchev–Trinajstić information content (AvgIpc) is 2.89. The highest BCUT2D eigenvalue weighted by molar-refractivity contribution is 9.11. The van der Waals surface area contributed by atoms with E-state index >= 15 is 0 Å². The van der Waals surface area contributed by atoms with Gasteiger partial charge in [-0.1, -0.05) is 28.1 Å². The maximum atomic E-state index is 13.2. The standard InChI is InChI=1S/C26H24Br2N2O5S/c1-35-26(32)19-5-2-4-18(14-19)20-6-3-13-30(16-20)25(31)17-7-10-22(11-8-17)29-36(33,34)24-15-21(27)9-12-23(24)28/h2,4-5,7-12,14-15,20,29H,3,6,13,16H2,1H3. The Morgan fingerprint density at radius 1 is 1.00 bits per heavy atom. The maximum absolute atomic E-state index is 13.2. The van der Waals surface area contributed by atoms with Gasteiger partial charge >= 0.3 is 5.97 Å². The molecule has 10 heteroatoms. The molecular formula is C26H24Br2N2O5S. The van der Waals surface area contributed by atoms with Crippen LogP contribution in [0.2, 0.25) is 0 Å². The minimum absolute atomic E-state index is 0.104. The molecule has 3 aromatic rings. The third kappa shape index (κ3) is 5.99. The number of rotatable bonds is 6. The second kappa shape index (κ2) is 11.1. The molecule has 3 aromatic carbocycles. The first-order valence-corrected chi connectivity index (χ1v) is 14.3. The van der Waals surface area contributed by atoms with Crippen LogP contribution in [0.15, 0.2) is 80.6 Å². The van der Waals surface area contributed by atoms with Gasteiger partial charge in [-0.3, -0.25) is 9.52 Å². The van der Waals surface area contributed by atoms with Crippen molar-refractivity contribution < 1.29 is 22.7 Å². The molecule has 0 radical (unpaired) electrons. The normalized spacial score (nSPS) is 15.9. The Kier molecular flexibility index (Phi) is 8.17. The summed E-state index contributed by atoms with van der Waals surface area (Å²) in [5, 5.41) is 0. The maximum Gasteiger partial charge on any atom is 0.337 e. The Hall–Kier alpha value is -2.69. The number of likely N-dealkylation sites (tertiary alicyclic amines) is 1. The third-order valence-electron chi connectivity index (χ3n) is 6.05. The highest BCUT2D eigenvalue weighted by Gasteiger charge is 2.26. The number of anilines is 1. The Labute approximate surface area is 227 Å². The Balaban J connectivity index is 1.46. The predicted octanol–water partition coefficient (Wildman–Crippen LogP) is 5.82. The first-order chi connectivity index (χ1) is 17.2. The molecule has 7 nitrogen and oxygen atoms in total. The van der Waals surface area contributed by atoms with E-state index in [-0.39, 0.29) is 22.7 Å². The second-order valence-electron chi connectivity index (χ2n) is 8.46. The first kappa shape index (κ1) is 26.4. The van der Waals surface area contributed by atoms with Crippen molar-refractivity contribution in [1.82, 2.24) is 4.90 Å². The largest absolute Gasteiger partial charge is 0.465 e. The van der Waals surface area contributed by atoms with E-state index in [1.807, 2.05) is 18.2 Å². The second-order valence-corrected chi connectivity index (χ2v) is 11.9. The molecule has 0 saturated carbocycles. The molecule has 188 valence electrons. The molecule has 1 N–H and O–H groups in total. The van der Waals surface area contributed by atoms with Gasteiger partial charge in [0.2, 0.25) is 0 Å². The molecule has 0 spiro atoms. The van der Waals surface area contributed by atoms with Gasteiger partial charge in [-0.2, -0.15) is 0 Å². The van der Waals surface area contributed by atoms with Crippen LogP contribution < -0.4 is 4.72 Å². The Morgan fingerprint density at radius 3 is 2.47 bits per heavy atom. The Bertz CT molecular complexity index is 1390. The molecule has 1 atom stereocenters. The highest BCUT2D eigenvalue weighted by atomic mass is 79.9. The summed E-state index contributed by atoms with van der Waals surface area (Å²) in [5.41, 5.74) is 2.32. The molecule has 0 bridgehead atoms.